The number of ether oxygens (including phenoxy) is 1. The van der Waals surface area contributed by atoms with Gasteiger partial charge in [0.2, 0.25) is 0 Å². The summed E-state index contributed by atoms with van der Waals surface area (Å²) >= 11 is 0. The Kier molecular flexibility index (Phi) is 7.21. The fourth-order valence-electron chi connectivity index (χ4n) is 0.902. The fraction of sp³-hybridized carbons (Fsp3) is 0.778. The van der Waals surface area contributed by atoms with Crippen LogP contribution in [0.25, 0.3) is 0 Å². The molecule has 0 spiro atoms. The van der Waals surface area contributed by atoms with Crippen LogP contribution in [0.4, 0.5) is 0 Å². The van der Waals surface area contributed by atoms with Crippen LogP contribution in [0.2, 0.25) is 0 Å². The quantitative estimate of drug-likeness (QED) is 0.437. The van der Waals surface area contributed by atoms with Gasteiger partial charge in [-0.25, -0.2) is 0 Å². The van der Waals surface area contributed by atoms with Crippen molar-refractivity contribution < 1.29 is 9.53 Å². The predicted octanol–water partition coefficient (Wildman–Crippen LogP) is 2.33. The molecular weight excluding hydrogens is 140 g/mol. The fourth-order valence-corrected chi connectivity index (χ4v) is 0.902. The molecule has 0 aliphatic heterocycles. The molecule has 2 nitrogen and oxygen atoms in total. The minimum atomic E-state index is -0.0976. The van der Waals surface area contributed by atoms with Gasteiger partial charge in [-0.2, -0.15) is 0 Å². The smallest absolute Gasteiger partial charge is 0.305 e. The van der Waals surface area contributed by atoms with Crippen molar-refractivity contribution in [3.8, 4) is 0 Å². The van der Waals surface area contributed by atoms with Crippen molar-refractivity contribution in [3.63, 3.8) is 0 Å². The lowest BCUT2D eigenvalue weighted by Crippen LogP contribution is -1.98. The predicted molar refractivity (Wildman–Crippen MR) is 45.1 cm³/mol. The zero-order valence-electron chi connectivity index (χ0n) is 7.27. The molecule has 65 valence electrons. The van der Waals surface area contributed by atoms with Crippen LogP contribution in [0, 0.1) is 6.92 Å². The molecular formula is C9H17O2. The number of carbonyl (C=O) groups is 1. The Morgan fingerprint density at radius 2 is 1.91 bits per heavy atom. The average molecular weight is 157 g/mol. The van der Waals surface area contributed by atoms with E-state index in [2.05, 4.69) is 11.7 Å². The minimum absolute atomic E-state index is 0.0976. The monoisotopic (exact) mass is 157 g/mol. The van der Waals surface area contributed by atoms with E-state index in [0.29, 0.717) is 6.42 Å². The Morgan fingerprint density at radius 3 is 2.45 bits per heavy atom. The minimum Gasteiger partial charge on any atom is -0.469 e. The van der Waals surface area contributed by atoms with Gasteiger partial charge >= 0.3 is 5.97 Å². The maximum absolute atomic E-state index is 10.6. The van der Waals surface area contributed by atoms with E-state index >= 15 is 0 Å². The summed E-state index contributed by atoms with van der Waals surface area (Å²) in [5.74, 6) is -0.0976. The van der Waals surface area contributed by atoms with Gasteiger partial charge in [0.25, 0.3) is 0 Å². The first kappa shape index (κ1) is 10.5. The van der Waals surface area contributed by atoms with Crippen molar-refractivity contribution in [1.82, 2.24) is 0 Å². The average Bonchev–Trinajstić information content (AvgIpc) is 2.04. The second kappa shape index (κ2) is 7.58. The molecule has 1 radical (unpaired) electrons. The van der Waals surface area contributed by atoms with Gasteiger partial charge in [-0.3, -0.25) is 4.79 Å². The Labute approximate surface area is 68.9 Å². The Morgan fingerprint density at radius 1 is 1.27 bits per heavy atom. The third-order valence-electron chi connectivity index (χ3n) is 1.61. The molecule has 0 heterocycles. The molecule has 0 amide bonds. The van der Waals surface area contributed by atoms with Crippen LogP contribution in [0.1, 0.15) is 38.5 Å². The number of carbonyl (C=O) groups excluding carboxylic acids is 1. The highest BCUT2D eigenvalue weighted by Gasteiger charge is 1.97. The van der Waals surface area contributed by atoms with Crippen molar-refractivity contribution in [1.29, 1.82) is 0 Å². The summed E-state index contributed by atoms with van der Waals surface area (Å²) in [5.41, 5.74) is 0. The van der Waals surface area contributed by atoms with Gasteiger partial charge in [0.05, 0.1) is 7.11 Å². The van der Waals surface area contributed by atoms with E-state index in [1.54, 1.807) is 0 Å². The summed E-state index contributed by atoms with van der Waals surface area (Å²) in [7, 11) is 1.43. The summed E-state index contributed by atoms with van der Waals surface area (Å²) in [6, 6.07) is 0. The molecule has 0 rings (SSSR count). The van der Waals surface area contributed by atoms with Crippen molar-refractivity contribution in [2.24, 2.45) is 0 Å². The van der Waals surface area contributed by atoms with Crippen molar-refractivity contribution in [2.75, 3.05) is 7.11 Å². The summed E-state index contributed by atoms with van der Waals surface area (Å²) < 4.78 is 4.51. The van der Waals surface area contributed by atoms with E-state index in [0.717, 1.165) is 19.3 Å². The normalized spacial score (nSPS) is 9.64. The standard InChI is InChI=1S/C9H17O2/c1-3-4-5-6-7-8-9(10)11-2/h1,3-8H2,2H3. The van der Waals surface area contributed by atoms with Gasteiger partial charge < -0.3 is 4.74 Å². The van der Waals surface area contributed by atoms with Crippen molar-refractivity contribution in [2.45, 2.75) is 38.5 Å². The lowest BCUT2D eigenvalue weighted by atomic mass is 10.1. The topological polar surface area (TPSA) is 26.3 Å². The summed E-state index contributed by atoms with van der Waals surface area (Å²) in [5, 5.41) is 0. The molecule has 0 aliphatic rings. The van der Waals surface area contributed by atoms with E-state index in [1.165, 1.54) is 20.0 Å². The van der Waals surface area contributed by atoms with E-state index < -0.39 is 0 Å². The number of unbranched alkanes of at least 4 members (excludes halogenated alkanes) is 4. The number of hydrogen-bond donors (Lipinski definition) is 0. The molecule has 0 aliphatic carbocycles. The first-order chi connectivity index (χ1) is 5.31. The molecule has 0 saturated heterocycles. The molecule has 0 N–H and O–H groups in total. The van der Waals surface area contributed by atoms with Crippen LogP contribution >= 0.6 is 0 Å². The second-order valence-electron chi connectivity index (χ2n) is 2.59. The van der Waals surface area contributed by atoms with Crippen LogP contribution in [-0.4, -0.2) is 13.1 Å². The number of methoxy groups -OCH3 is 1. The van der Waals surface area contributed by atoms with Gasteiger partial charge in [0, 0.05) is 6.42 Å². The Bertz CT molecular complexity index is 99.7. The van der Waals surface area contributed by atoms with Crippen LogP contribution in [-0.2, 0) is 9.53 Å². The number of esters is 1. The highest BCUT2D eigenvalue weighted by atomic mass is 16.5. The van der Waals surface area contributed by atoms with E-state index in [1.807, 2.05) is 0 Å². The summed E-state index contributed by atoms with van der Waals surface area (Å²) in [4.78, 5) is 10.6. The van der Waals surface area contributed by atoms with Crippen LogP contribution < -0.4 is 0 Å². The first-order valence-electron chi connectivity index (χ1n) is 4.17. The Hall–Kier alpha value is -0.530. The molecule has 11 heavy (non-hydrogen) atoms. The molecule has 0 unspecified atom stereocenters. The third kappa shape index (κ3) is 7.37. The SMILES string of the molecule is [CH2]CCCCCCC(=O)OC. The van der Waals surface area contributed by atoms with Gasteiger partial charge in [-0.15, -0.1) is 0 Å². The number of hydrogen-bond acceptors (Lipinski definition) is 2. The molecule has 0 atom stereocenters. The molecule has 0 aromatic rings. The zero-order valence-corrected chi connectivity index (χ0v) is 7.27. The molecule has 0 saturated carbocycles. The molecule has 0 fully saturated rings. The largest absolute Gasteiger partial charge is 0.469 e. The zero-order chi connectivity index (χ0) is 8.53. The van der Waals surface area contributed by atoms with E-state index in [4.69, 9.17) is 0 Å². The van der Waals surface area contributed by atoms with Gasteiger partial charge in [-0.05, 0) is 6.42 Å². The lowest BCUT2D eigenvalue weighted by molar-refractivity contribution is -0.140. The summed E-state index contributed by atoms with van der Waals surface area (Å²) in [6.45, 7) is 3.74. The van der Waals surface area contributed by atoms with E-state index in [-0.39, 0.29) is 5.97 Å². The van der Waals surface area contributed by atoms with Crippen LogP contribution in [0.5, 0.6) is 0 Å². The molecule has 0 aromatic carbocycles. The molecule has 0 aromatic heterocycles. The highest BCUT2D eigenvalue weighted by molar-refractivity contribution is 5.68. The molecule has 2 heteroatoms. The van der Waals surface area contributed by atoms with Crippen molar-refractivity contribution >= 4 is 5.97 Å². The number of rotatable bonds is 6. The maximum atomic E-state index is 10.6. The lowest BCUT2D eigenvalue weighted by Gasteiger charge is -1.98. The third-order valence-corrected chi connectivity index (χ3v) is 1.61. The van der Waals surface area contributed by atoms with Gasteiger partial charge in [0.1, 0.15) is 0 Å². The Balaban J connectivity index is 2.95. The van der Waals surface area contributed by atoms with Gasteiger partial charge in [-0.1, -0.05) is 32.6 Å². The van der Waals surface area contributed by atoms with Gasteiger partial charge in [0.15, 0.2) is 0 Å². The second-order valence-corrected chi connectivity index (χ2v) is 2.59. The van der Waals surface area contributed by atoms with Crippen LogP contribution in [0.15, 0.2) is 0 Å². The summed E-state index contributed by atoms with van der Waals surface area (Å²) in [6.07, 6.45) is 5.98. The van der Waals surface area contributed by atoms with Crippen LogP contribution in [0.3, 0.4) is 0 Å². The molecule has 0 bridgehead atoms. The van der Waals surface area contributed by atoms with Crippen molar-refractivity contribution in [3.05, 3.63) is 6.92 Å². The maximum Gasteiger partial charge on any atom is 0.305 e. The van der Waals surface area contributed by atoms with E-state index in [9.17, 15) is 4.79 Å². The highest BCUT2D eigenvalue weighted by Crippen LogP contribution is 2.04. The first-order valence-corrected chi connectivity index (χ1v) is 4.17.